The van der Waals surface area contributed by atoms with Crippen LogP contribution in [0.4, 0.5) is 0 Å². The van der Waals surface area contributed by atoms with Crippen LogP contribution in [0.2, 0.25) is 0 Å². The summed E-state index contributed by atoms with van der Waals surface area (Å²) in [6, 6.07) is 0. The Morgan fingerprint density at radius 1 is 0.462 bits per heavy atom. The van der Waals surface area contributed by atoms with E-state index in [1.807, 2.05) is 0 Å². The first-order valence-corrected chi connectivity index (χ1v) is 19.9. The molecule has 0 aromatic heterocycles. The number of hydrogen-bond acceptors (Lipinski definition) is 5. The topological polar surface area (TPSA) is 46.2 Å². The van der Waals surface area contributed by atoms with Crippen LogP contribution in [0.5, 0.6) is 0 Å². The number of unbranched alkanes of at least 4 members (excludes halogenated alkanes) is 4. The Labute approximate surface area is 248 Å². The van der Waals surface area contributed by atoms with E-state index < -0.39 is 19.1 Å². The van der Waals surface area contributed by atoms with Crippen molar-refractivity contribution < 1.29 is 21.8 Å². The third-order valence-electron chi connectivity index (χ3n) is 8.33. The minimum absolute atomic E-state index is 0.512. The third kappa shape index (κ3) is 19.9. The molecule has 39 heavy (non-hydrogen) atoms. The predicted octanol–water partition coefficient (Wildman–Crippen LogP) is 9.37. The molecule has 0 saturated carbocycles. The van der Waals surface area contributed by atoms with Crippen LogP contribution in [0, 0.1) is 23.7 Å². The van der Waals surface area contributed by atoms with E-state index in [1.165, 1.54) is 77.0 Å². The van der Waals surface area contributed by atoms with Crippen LogP contribution in [0.15, 0.2) is 0 Å². The van der Waals surface area contributed by atoms with E-state index in [1.54, 1.807) is 0 Å². The molecule has 0 aliphatic rings. The van der Waals surface area contributed by atoms with Crippen molar-refractivity contribution in [1.29, 1.82) is 0 Å². The van der Waals surface area contributed by atoms with Gasteiger partial charge >= 0.3 is 9.05 Å². The van der Waals surface area contributed by atoms with Crippen molar-refractivity contribution in [3.8, 4) is 0 Å². The Balaban J connectivity index is 5.67. The summed E-state index contributed by atoms with van der Waals surface area (Å²) in [5.74, 6) is 2.14. The van der Waals surface area contributed by atoms with Gasteiger partial charge < -0.3 is 21.8 Å². The average molecular weight is 591 g/mol. The fraction of sp³-hybridized carbons (Fsp3) is 1.00. The van der Waals surface area contributed by atoms with Gasteiger partial charge in [-0.1, -0.05) is 132 Å². The van der Waals surface area contributed by atoms with Gasteiger partial charge in [0, 0.05) is 26.4 Å². The molecule has 0 saturated heterocycles. The molecule has 7 heteroatoms. The van der Waals surface area contributed by atoms with Gasteiger partial charge in [0.25, 0.3) is 10.0 Å². The van der Waals surface area contributed by atoms with Crippen molar-refractivity contribution in [2.45, 2.75) is 158 Å². The lowest BCUT2D eigenvalue weighted by atomic mass is 10.0. The Morgan fingerprint density at radius 3 is 1.05 bits per heavy atom. The molecular formula is C32H70O5Si2. The molecule has 4 unspecified atom stereocenters. The smallest absolute Gasteiger partial charge is 0.399 e. The summed E-state index contributed by atoms with van der Waals surface area (Å²) >= 11 is 0. The zero-order valence-corrected chi connectivity index (χ0v) is 30.1. The molecule has 0 aliphatic carbocycles. The van der Waals surface area contributed by atoms with Crippen molar-refractivity contribution in [2.24, 2.45) is 23.7 Å². The summed E-state index contributed by atoms with van der Waals surface area (Å²) in [6.45, 7) is 20.9. The van der Waals surface area contributed by atoms with Gasteiger partial charge in [-0.2, -0.15) is 0 Å². The van der Waals surface area contributed by atoms with Crippen LogP contribution in [0.3, 0.4) is 0 Å². The van der Waals surface area contributed by atoms with Gasteiger partial charge in [0.15, 0.2) is 0 Å². The minimum atomic E-state index is -3.32. The largest absolute Gasteiger partial charge is 0.670 e. The summed E-state index contributed by atoms with van der Waals surface area (Å²) in [7, 11) is -4.60. The van der Waals surface area contributed by atoms with Gasteiger partial charge in [-0.15, -0.1) is 0 Å². The summed E-state index contributed by atoms with van der Waals surface area (Å²) in [5.41, 5.74) is 0. The molecule has 0 amide bonds. The van der Waals surface area contributed by atoms with Gasteiger partial charge in [-0.25, -0.2) is 0 Å². The molecule has 0 aromatic rings. The maximum atomic E-state index is 6.70. The van der Waals surface area contributed by atoms with E-state index in [-0.39, 0.29) is 0 Å². The maximum absolute atomic E-state index is 6.70. The SMILES string of the molecule is CCCCC(CC)CO[SiH2]O[Si](OCC(CC)CCCC)(OCC(CC)CCCC)OCC(CC)CCCC. The van der Waals surface area contributed by atoms with Crippen molar-refractivity contribution >= 4 is 19.1 Å². The van der Waals surface area contributed by atoms with Crippen molar-refractivity contribution in [3.63, 3.8) is 0 Å². The Bertz CT molecular complexity index is 461. The molecule has 0 aromatic carbocycles. The molecule has 0 radical (unpaired) electrons. The van der Waals surface area contributed by atoms with Crippen LogP contribution < -0.4 is 0 Å². The minimum Gasteiger partial charge on any atom is -0.399 e. The molecule has 0 fully saturated rings. The van der Waals surface area contributed by atoms with Crippen molar-refractivity contribution in [3.05, 3.63) is 0 Å². The first-order valence-electron chi connectivity index (χ1n) is 17.1. The van der Waals surface area contributed by atoms with E-state index in [9.17, 15) is 0 Å². The lowest BCUT2D eigenvalue weighted by Crippen LogP contribution is -2.52. The van der Waals surface area contributed by atoms with E-state index in [0.29, 0.717) is 43.5 Å². The zero-order valence-electron chi connectivity index (χ0n) is 27.7. The van der Waals surface area contributed by atoms with Crippen LogP contribution >= 0.6 is 0 Å². The Morgan fingerprint density at radius 2 is 0.769 bits per heavy atom. The lowest BCUT2D eigenvalue weighted by molar-refractivity contribution is -0.0298. The second-order valence-corrected chi connectivity index (χ2v) is 15.4. The number of hydrogen-bond donors (Lipinski definition) is 0. The molecule has 0 aliphatic heterocycles. The fourth-order valence-corrected chi connectivity index (χ4v) is 8.74. The highest BCUT2D eigenvalue weighted by atomic mass is 28.4. The zero-order chi connectivity index (χ0) is 29.2. The van der Waals surface area contributed by atoms with Crippen LogP contribution in [0.25, 0.3) is 0 Å². The van der Waals surface area contributed by atoms with E-state index in [4.69, 9.17) is 21.8 Å². The summed E-state index contributed by atoms with van der Waals surface area (Å²) in [4.78, 5) is 0. The molecular weight excluding hydrogens is 521 g/mol. The molecule has 236 valence electrons. The molecule has 0 bridgehead atoms. The highest BCUT2D eigenvalue weighted by Gasteiger charge is 2.47. The highest BCUT2D eigenvalue weighted by Crippen LogP contribution is 2.24. The molecule has 0 rings (SSSR count). The lowest BCUT2D eigenvalue weighted by Gasteiger charge is -2.32. The van der Waals surface area contributed by atoms with E-state index in [0.717, 1.165) is 32.3 Å². The van der Waals surface area contributed by atoms with Gasteiger partial charge in [-0.05, 0) is 49.4 Å². The first kappa shape index (κ1) is 39.2. The summed E-state index contributed by atoms with van der Waals surface area (Å²) in [6.07, 6.45) is 19.1. The molecule has 0 N–H and O–H groups in total. The van der Waals surface area contributed by atoms with Crippen LogP contribution in [0.1, 0.15) is 158 Å². The molecule has 0 spiro atoms. The first-order chi connectivity index (χ1) is 19.0. The van der Waals surface area contributed by atoms with Crippen LogP contribution in [-0.2, 0) is 21.8 Å². The average Bonchev–Trinajstić information content (AvgIpc) is 2.96. The predicted molar refractivity (Wildman–Crippen MR) is 172 cm³/mol. The fourth-order valence-electron chi connectivity index (χ4n) is 4.83. The van der Waals surface area contributed by atoms with Crippen LogP contribution in [-0.4, -0.2) is 45.5 Å². The molecule has 0 heterocycles. The van der Waals surface area contributed by atoms with E-state index >= 15 is 0 Å². The molecule has 4 atom stereocenters. The highest BCUT2D eigenvalue weighted by molar-refractivity contribution is 6.59. The monoisotopic (exact) mass is 590 g/mol. The maximum Gasteiger partial charge on any atom is 0.670 e. The van der Waals surface area contributed by atoms with Gasteiger partial charge in [0.2, 0.25) is 0 Å². The van der Waals surface area contributed by atoms with E-state index in [2.05, 4.69) is 55.4 Å². The third-order valence-corrected chi connectivity index (χ3v) is 12.2. The van der Waals surface area contributed by atoms with Crippen molar-refractivity contribution in [2.75, 3.05) is 26.4 Å². The summed E-state index contributed by atoms with van der Waals surface area (Å²) in [5, 5.41) is 0. The number of rotatable bonds is 30. The second-order valence-electron chi connectivity index (χ2n) is 11.7. The quantitative estimate of drug-likeness (QED) is 0.0616. The normalized spacial score (nSPS) is 16.9. The van der Waals surface area contributed by atoms with Gasteiger partial charge in [-0.3, -0.25) is 0 Å². The van der Waals surface area contributed by atoms with Gasteiger partial charge in [0.05, 0.1) is 0 Å². The van der Waals surface area contributed by atoms with Crippen molar-refractivity contribution in [1.82, 2.24) is 0 Å². The Kier molecular flexibility index (Phi) is 27.3. The van der Waals surface area contributed by atoms with Gasteiger partial charge in [0.1, 0.15) is 0 Å². The standard InChI is InChI=1S/C32H70O5Si2/c1-9-17-21-29(13-5)25-33-38-37-39(34-26-30(14-6)22-18-10-2,35-27-31(15-7)23-19-11-3)36-28-32(16-8)24-20-12-4/h29-32H,9-28,38H2,1-8H3. The molecule has 5 nitrogen and oxygen atoms in total. The second kappa shape index (κ2) is 27.1. The summed E-state index contributed by atoms with van der Waals surface area (Å²) < 4.78 is 33.0. The Hall–Kier alpha value is 0.234.